The Hall–Kier alpha value is -1.71. The van der Waals surface area contributed by atoms with E-state index in [1.807, 2.05) is 0 Å². The second-order valence-corrected chi connectivity index (χ2v) is 4.87. The van der Waals surface area contributed by atoms with Crippen molar-refractivity contribution in [3.05, 3.63) is 57.6 Å². The van der Waals surface area contributed by atoms with Gasteiger partial charge in [0.1, 0.15) is 5.75 Å². The molecule has 0 saturated heterocycles. The van der Waals surface area contributed by atoms with E-state index in [-0.39, 0.29) is 17.2 Å². The van der Waals surface area contributed by atoms with Crippen LogP contribution in [0, 0.1) is 6.92 Å². The van der Waals surface area contributed by atoms with Gasteiger partial charge in [-0.3, -0.25) is 4.79 Å². The molecule has 98 valence electrons. The van der Waals surface area contributed by atoms with Crippen LogP contribution in [0.1, 0.15) is 15.9 Å². The topological polar surface area (TPSA) is 49.3 Å². The van der Waals surface area contributed by atoms with E-state index < -0.39 is 0 Å². The first kappa shape index (κ1) is 13.7. The van der Waals surface area contributed by atoms with Crippen molar-refractivity contribution in [2.45, 2.75) is 6.92 Å². The number of anilines is 1. The number of carbonyl (C=O) groups is 1. The Morgan fingerprint density at radius 3 is 2.68 bits per heavy atom. The van der Waals surface area contributed by atoms with Gasteiger partial charge in [-0.05, 0) is 37.3 Å². The van der Waals surface area contributed by atoms with Crippen LogP contribution >= 0.6 is 23.2 Å². The predicted molar refractivity (Wildman–Crippen MR) is 77.3 cm³/mol. The fraction of sp³-hybridized carbons (Fsp3) is 0.0714. The van der Waals surface area contributed by atoms with Crippen LogP contribution < -0.4 is 5.32 Å². The number of nitrogens with one attached hydrogen (secondary N) is 1. The molecule has 1 amide bonds. The van der Waals surface area contributed by atoms with Crippen molar-refractivity contribution >= 4 is 34.8 Å². The van der Waals surface area contributed by atoms with Gasteiger partial charge in [-0.25, -0.2) is 0 Å². The van der Waals surface area contributed by atoms with E-state index in [2.05, 4.69) is 5.32 Å². The van der Waals surface area contributed by atoms with Crippen LogP contribution in [-0.2, 0) is 0 Å². The number of hydrogen-bond donors (Lipinski definition) is 2. The van der Waals surface area contributed by atoms with Gasteiger partial charge in [0.25, 0.3) is 5.91 Å². The highest BCUT2D eigenvalue weighted by Crippen LogP contribution is 2.26. The summed E-state index contributed by atoms with van der Waals surface area (Å²) in [6, 6.07) is 9.58. The molecule has 2 N–H and O–H groups in total. The maximum Gasteiger partial charge on any atom is 0.257 e. The summed E-state index contributed by atoms with van der Waals surface area (Å²) in [5.41, 5.74) is 1.41. The minimum atomic E-state index is -0.374. The summed E-state index contributed by atoms with van der Waals surface area (Å²) in [6.07, 6.45) is 0. The Labute approximate surface area is 120 Å². The van der Waals surface area contributed by atoms with E-state index in [0.29, 0.717) is 21.3 Å². The average Bonchev–Trinajstić information content (AvgIpc) is 2.38. The van der Waals surface area contributed by atoms with E-state index in [0.717, 1.165) is 0 Å². The van der Waals surface area contributed by atoms with E-state index in [1.165, 1.54) is 6.07 Å². The van der Waals surface area contributed by atoms with Crippen molar-refractivity contribution < 1.29 is 9.90 Å². The minimum Gasteiger partial charge on any atom is -0.508 e. The van der Waals surface area contributed by atoms with Crippen molar-refractivity contribution in [1.82, 2.24) is 0 Å². The molecule has 0 unspecified atom stereocenters. The Morgan fingerprint density at radius 2 is 1.95 bits per heavy atom. The van der Waals surface area contributed by atoms with Gasteiger partial charge in [0.2, 0.25) is 0 Å². The average molecular weight is 296 g/mol. The van der Waals surface area contributed by atoms with Gasteiger partial charge in [-0.15, -0.1) is 0 Å². The molecule has 3 nitrogen and oxygen atoms in total. The van der Waals surface area contributed by atoms with Gasteiger partial charge in [0.05, 0.1) is 10.6 Å². The van der Waals surface area contributed by atoms with Crippen LogP contribution in [0.3, 0.4) is 0 Å². The second kappa shape index (κ2) is 5.51. The minimum absolute atomic E-state index is 0.120. The lowest BCUT2D eigenvalue weighted by atomic mass is 10.1. The fourth-order valence-electron chi connectivity index (χ4n) is 1.62. The normalized spacial score (nSPS) is 10.3. The summed E-state index contributed by atoms with van der Waals surface area (Å²) >= 11 is 11.8. The zero-order valence-electron chi connectivity index (χ0n) is 10.1. The first-order chi connectivity index (χ1) is 8.99. The molecule has 0 aliphatic heterocycles. The van der Waals surface area contributed by atoms with Crippen LogP contribution in [-0.4, -0.2) is 11.0 Å². The lowest BCUT2D eigenvalue weighted by molar-refractivity contribution is 0.102. The van der Waals surface area contributed by atoms with E-state index in [9.17, 15) is 9.90 Å². The molecule has 0 radical (unpaired) electrons. The van der Waals surface area contributed by atoms with Crippen LogP contribution in [0.15, 0.2) is 36.4 Å². The number of aromatic hydroxyl groups is 1. The van der Waals surface area contributed by atoms with Crippen LogP contribution in [0.25, 0.3) is 0 Å². The summed E-state index contributed by atoms with van der Waals surface area (Å²) in [7, 11) is 0. The zero-order valence-corrected chi connectivity index (χ0v) is 11.6. The molecule has 0 heterocycles. The predicted octanol–water partition coefficient (Wildman–Crippen LogP) is 4.26. The molecule has 2 aromatic rings. The van der Waals surface area contributed by atoms with Crippen molar-refractivity contribution in [2.24, 2.45) is 0 Å². The summed E-state index contributed by atoms with van der Waals surface area (Å²) in [6.45, 7) is 1.71. The molecule has 19 heavy (non-hydrogen) atoms. The summed E-state index contributed by atoms with van der Waals surface area (Å²) in [5.74, 6) is -0.254. The summed E-state index contributed by atoms with van der Waals surface area (Å²) < 4.78 is 0. The van der Waals surface area contributed by atoms with Crippen LogP contribution in [0.5, 0.6) is 5.75 Å². The number of benzene rings is 2. The first-order valence-corrected chi connectivity index (χ1v) is 6.29. The quantitative estimate of drug-likeness (QED) is 0.870. The number of hydrogen-bond acceptors (Lipinski definition) is 2. The monoisotopic (exact) mass is 295 g/mol. The Morgan fingerprint density at radius 1 is 1.21 bits per heavy atom. The molecule has 5 heteroatoms. The molecular weight excluding hydrogens is 285 g/mol. The van der Waals surface area contributed by atoms with Crippen molar-refractivity contribution in [2.75, 3.05) is 5.32 Å². The molecule has 0 aliphatic rings. The lowest BCUT2D eigenvalue weighted by Crippen LogP contribution is -2.13. The summed E-state index contributed by atoms with van der Waals surface area (Å²) in [5, 5.41) is 13.0. The molecule has 0 saturated carbocycles. The molecule has 0 aromatic heterocycles. The van der Waals surface area contributed by atoms with Gasteiger partial charge < -0.3 is 10.4 Å². The molecule has 0 bridgehead atoms. The van der Waals surface area contributed by atoms with Gasteiger partial charge in [-0.1, -0.05) is 29.3 Å². The molecule has 0 atom stereocenters. The molecule has 0 spiro atoms. The Bertz CT molecular complexity index is 641. The highest BCUT2D eigenvalue weighted by Gasteiger charge is 2.13. The van der Waals surface area contributed by atoms with Gasteiger partial charge >= 0.3 is 0 Å². The Kier molecular flexibility index (Phi) is 3.98. The number of carbonyl (C=O) groups excluding carboxylic acids is 1. The van der Waals surface area contributed by atoms with E-state index >= 15 is 0 Å². The zero-order chi connectivity index (χ0) is 14.0. The summed E-state index contributed by atoms with van der Waals surface area (Å²) in [4.78, 5) is 12.1. The molecule has 0 fully saturated rings. The van der Waals surface area contributed by atoms with E-state index in [4.69, 9.17) is 23.2 Å². The Balaban J connectivity index is 2.31. The number of phenolic OH excluding ortho intramolecular Hbond substituents is 1. The van der Waals surface area contributed by atoms with Crippen LogP contribution in [0.2, 0.25) is 10.0 Å². The second-order valence-electron chi connectivity index (χ2n) is 4.03. The van der Waals surface area contributed by atoms with Crippen molar-refractivity contribution in [3.63, 3.8) is 0 Å². The van der Waals surface area contributed by atoms with Crippen LogP contribution in [0.4, 0.5) is 5.69 Å². The molecule has 2 rings (SSSR count). The molecule has 0 aliphatic carbocycles. The third-order valence-corrected chi connectivity index (χ3v) is 3.29. The number of amides is 1. The first-order valence-electron chi connectivity index (χ1n) is 5.54. The standard InChI is InChI=1S/C14H11Cl2NO2/c1-8-12(3-2-4-13(8)18)17-14(19)10-7-9(15)5-6-11(10)16/h2-7,18H,1H3,(H,17,19). The van der Waals surface area contributed by atoms with Gasteiger partial charge in [0.15, 0.2) is 0 Å². The maximum atomic E-state index is 12.1. The number of rotatable bonds is 2. The lowest BCUT2D eigenvalue weighted by Gasteiger charge is -2.10. The maximum absolute atomic E-state index is 12.1. The van der Waals surface area contributed by atoms with Gasteiger partial charge in [0, 0.05) is 16.3 Å². The smallest absolute Gasteiger partial charge is 0.257 e. The van der Waals surface area contributed by atoms with Crippen molar-refractivity contribution in [1.29, 1.82) is 0 Å². The number of phenols is 1. The molecule has 2 aromatic carbocycles. The molecular formula is C14H11Cl2NO2. The third kappa shape index (κ3) is 3.00. The largest absolute Gasteiger partial charge is 0.508 e. The number of halogens is 2. The van der Waals surface area contributed by atoms with E-state index in [1.54, 1.807) is 37.3 Å². The highest BCUT2D eigenvalue weighted by molar-refractivity contribution is 6.36. The van der Waals surface area contributed by atoms with Gasteiger partial charge in [-0.2, -0.15) is 0 Å². The fourth-order valence-corrected chi connectivity index (χ4v) is 2.00. The SMILES string of the molecule is Cc1c(O)cccc1NC(=O)c1cc(Cl)ccc1Cl. The third-order valence-electron chi connectivity index (χ3n) is 2.73. The highest BCUT2D eigenvalue weighted by atomic mass is 35.5. The van der Waals surface area contributed by atoms with Crippen molar-refractivity contribution in [3.8, 4) is 5.75 Å².